The highest BCUT2D eigenvalue weighted by Gasteiger charge is 2.26. The largest absolute Gasteiger partial charge is 0.340 e. The Labute approximate surface area is 97.9 Å². The second-order valence-corrected chi connectivity index (χ2v) is 5.24. The van der Waals surface area contributed by atoms with Gasteiger partial charge >= 0.3 is 0 Å². The lowest BCUT2D eigenvalue weighted by atomic mass is 10.0. The highest BCUT2D eigenvalue weighted by atomic mass is 16.2. The predicted octanol–water partition coefficient (Wildman–Crippen LogP) is 1.55. The maximum atomic E-state index is 12.1. The number of hydrogen-bond acceptors (Lipinski definition) is 2. The summed E-state index contributed by atoms with van der Waals surface area (Å²) in [7, 11) is 0. The first-order chi connectivity index (χ1) is 7.65. The minimum absolute atomic E-state index is 0.330. The third kappa shape index (κ3) is 2.85. The van der Waals surface area contributed by atoms with Crippen molar-refractivity contribution < 1.29 is 4.79 Å². The Morgan fingerprint density at radius 3 is 2.62 bits per heavy atom. The Morgan fingerprint density at radius 2 is 2.06 bits per heavy atom. The molecule has 1 amide bonds. The molecule has 90 valence electrons. The van der Waals surface area contributed by atoms with E-state index in [-0.39, 0.29) is 0 Å². The first kappa shape index (κ1) is 11.6. The van der Waals surface area contributed by atoms with Gasteiger partial charge in [0.15, 0.2) is 0 Å². The normalized spacial score (nSPS) is 34.4. The highest BCUT2D eigenvalue weighted by molar-refractivity contribution is 5.77. The standard InChI is InChI=1S/C13H22N2O/c1-10-8-15(9-11(2)14-10)13(16)7-12-5-3-4-6-12/h3,5,10-12,14H,4,6-9H2,1-2H3. The number of nitrogens with one attached hydrogen (secondary N) is 1. The summed E-state index contributed by atoms with van der Waals surface area (Å²) in [4.78, 5) is 14.1. The summed E-state index contributed by atoms with van der Waals surface area (Å²) in [6.07, 6.45) is 7.40. The molecule has 3 heteroatoms. The molecule has 3 atom stereocenters. The third-order valence-corrected chi connectivity index (χ3v) is 3.46. The number of carbonyl (C=O) groups is 1. The van der Waals surface area contributed by atoms with E-state index in [0.29, 0.717) is 30.3 Å². The molecule has 1 aliphatic carbocycles. The number of allylic oxidation sites excluding steroid dienone is 2. The van der Waals surface area contributed by atoms with E-state index in [1.165, 1.54) is 0 Å². The van der Waals surface area contributed by atoms with Gasteiger partial charge in [0.25, 0.3) is 0 Å². The second-order valence-electron chi connectivity index (χ2n) is 5.24. The SMILES string of the molecule is CC1CN(C(=O)CC2C=CCC2)CC(C)N1. The number of rotatable bonds is 2. The van der Waals surface area contributed by atoms with Crippen LogP contribution in [-0.4, -0.2) is 36.0 Å². The lowest BCUT2D eigenvalue weighted by Gasteiger charge is -2.36. The maximum absolute atomic E-state index is 12.1. The molecule has 0 radical (unpaired) electrons. The molecule has 0 bridgehead atoms. The zero-order valence-electron chi connectivity index (χ0n) is 10.3. The molecule has 3 nitrogen and oxygen atoms in total. The van der Waals surface area contributed by atoms with Gasteiger partial charge in [-0.05, 0) is 32.6 Å². The fraction of sp³-hybridized carbons (Fsp3) is 0.769. The van der Waals surface area contributed by atoms with Crippen molar-refractivity contribution >= 4 is 5.91 Å². The minimum atomic E-state index is 0.330. The molecule has 1 aliphatic heterocycles. The summed E-state index contributed by atoms with van der Waals surface area (Å²) in [6.45, 7) is 6.01. The number of amides is 1. The average molecular weight is 222 g/mol. The van der Waals surface area contributed by atoms with Gasteiger partial charge in [-0.1, -0.05) is 12.2 Å². The molecule has 2 aliphatic rings. The summed E-state index contributed by atoms with van der Waals surface area (Å²) >= 11 is 0. The fourth-order valence-electron chi connectivity index (χ4n) is 2.75. The predicted molar refractivity (Wildman–Crippen MR) is 65.1 cm³/mol. The van der Waals surface area contributed by atoms with Crippen LogP contribution in [0.1, 0.15) is 33.1 Å². The molecular weight excluding hydrogens is 200 g/mol. The number of nitrogens with zero attached hydrogens (tertiary/aromatic N) is 1. The van der Waals surface area contributed by atoms with Crippen molar-refractivity contribution in [2.45, 2.75) is 45.2 Å². The van der Waals surface area contributed by atoms with Crippen molar-refractivity contribution in [3.05, 3.63) is 12.2 Å². The van der Waals surface area contributed by atoms with Crippen molar-refractivity contribution in [1.29, 1.82) is 0 Å². The van der Waals surface area contributed by atoms with Crippen molar-refractivity contribution in [1.82, 2.24) is 10.2 Å². The highest BCUT2D eigenvalue weighted by Crippen LogP contribution is 2.21. The van der Waals surface area contributed by atoms with Crippen LogP contribution in [0.2, 0.25) is 0 Å². The number of carbonyl (C=O) groups excluding carboxylic acids is 1. The average Bonchev–Trinajstić information content (AvgIpc) is 2.68. The van der Waals surface area contributed by atoms with Crippen LogP contribution < -0.4 is 5.32 Å². The lowest BCUT2D eigenvalue weighted by Crippen LogP contribution is -2.56. The van der Waals surface area contributed by atoms with Gasteiger partial charge in [-0.2, -0.15) is 0 Å². The molecule has 0 aromatic heterocycles. The van der Waals surface area contributed by atoms with Gasteiger partial charge in [0.05, 0.1) is 0 Å². The van der Waals surface area contributed by atoms with Crippen LogP contribution in [0.3, 0.4) is 0 Å². The Morgan fingerprint density at radius 1 is 1.38 bits per heavy atom. The summed E-state index contributed by atoms with van der Waals surface area (Å²) in [6, 6.07) is 0.846. The third-order valence-electron chi connectivity index (χ3n) is 3.46. The monoisotopic (exact) mass is 222 g/mol. The molecule has 1 saturated heterocycles. The number of piperazine rings is 1. The van der Waals surface area contributed by atoms with Crippen LogP contribution in [0.25, 0.3) is 0 Å². The molecule has 1 N–H and O–H groups in total. The quantitative estimate of drug-likeness (QED) is 0.719. The van der Waals surface area contributed by atoms with E-state index in [1.54, 1.807) is 0 Å². The Balaban J connectivity index is 1.85. The van der Waals surface area contributed by atoms with Crippen molar-refractivity contribution in [2.24, 2.45) is 5.92 Å². The van der Waals surface area contributed by atoms with Gasteiger partial charge < -0.3 is 10.2 Å². The molecule has 1 fully saturated rings. The lowest BCUT2D eigenvalue weighted by molar-refractivity contribution is -0.133. The molecule has 0 aromatic rings. The van der Waals surface area contributed by atoms with Crippen LogP contribution in [-0.2, 0) is 4.79 Å². The molecule has 0 saturated carbocycles. The van der Waals surface area contributed by atoms with Crippen LogP contribution in [0, 0.1) is 5.92 Å². The Hall–Kier alpha value is -0.830. The van der Waals surface area contributed by atoms with Crippen LogP contribution in [0.4, 0.5) is 0 Å². The maximum Gasteiger partial charge on any atom is 0.223 e. The zero-order chi connectivity index (χ0) is 11.5. The smallest absolute Gasteiger partial charge is 0.223 e. The summed E-state index contributed by atoms with van der Waals surface area (Å²) in [5.41, 5.74) is 0. The van der Waals surface area contributed by atoms with Crippen molar-refractivity contribution in [3.8, 4) is 0 Å². The van der Waals surface area contributed by atoms with E-state index in [2.05, 4.69) is 31.3 Å². The number of hydrogen-bond donors (Lipinski definition) is 1. The minimum Gasteiger partial charge on any atom is -0.340 e. The molecule has 0 aromatic carbocycles. The molecule has 3 unspecified atom stereocenters. The van der Waals surface area contributed by atoms with E-state index < -0.39 is 0 Å². The van der Waals surface area contributed by atoms with E-state index in [9.17, 15) is 4.79 Å². The molecule has 16 heavy (non-hydrogen) atoms. The van der Waals surface area contributed by atoms with Gasteiger partial charge in [0, 0.05) is 31.6 Å². The summed E-state index contributed by atoms with van der Waals surface area (Å²) < 4.78 is 0. The van der Waals surface area contributed by atoms with E-state index in [0.717, 1.165) is 25.9 Å². The fourth-order valence-corrected chi connectivity index (χ4v) is 2.75. The first-order valence-electron chi connectivity index (χ1n) is 6.35. The van der Waals surface area contributed by atoms with Gasteiger partial charge in [-0.3, -0.25) is 4.79 Å². The molecule has 1 heterocycles. The van der Waals surface area contributed by atoms with E-state index in [1.807, 2.05) is 4.90 Å². The van der Waals surface area contributed by atoms with Gasteiger partial charge in [-0.15, -0.1) is 0 Å². The molecular formula is C13H22N2O. The first-order valence-corrected chi connectivity index (χ1v) is 6.35. The zero-order valence-corrected chi connectivity index (χ0v) is 10.3. The molecule has 0 spiro atoms. The van der Waals surface area contributed by atoms with Crippen LogP contribution in [0.5, 0.6) is 0 Å². The summed E-state index contributed by atoms with van der Waals surface area (Å²) in [5.74, 6) is 0.824. The van der Waals surface area contributed by atoms with Crippen molar-refractivity contribution in [2.75, 3.05) is 13.1 Å². The van der Waals surface area contributed by atoms with E-state index in [4.69, 9.17) is 0 Å². The van der Waals surface area contributed by atoms with Crippen LogP contribution in [0.15, 0.2) is 12.2 Å². The van der Waals surface area contributed by atoms with Gasteiger partial charge in [0.2, 0.25) is 5.91 Å². The van der Waals surface area contributed by atoms with Crippen molar-refractivity contribution in [3.63, 3.8) is 0 Å². The van der Waals surface area contributed by atoms with Gasteiger partial charge in [0.1, 0.15) is 0 Å². The Bertz CT molecular complexity index is 278. The van der Waals surface area contributed by atoms with Crippen LogP contribution >= 0.6 is 0 Å². The second kappa shape index (κ2) is 5.00. The summed E-state index contributed by atoms with van der Waals surface area (Å²) in [5, 5.41) is 3.45. The molecule has 2 rings (SSSR count). The van der Waals surface area contributed by atoms with Gasteiger partial charge in [-0.25, -0.2) is 0 Å². The van der Waals surface area contributed by atoms with E-state index >= 15 is 0 Å². The Kier molecular flexibility index (Phi) is 3.64. The topological polar surface area (TPSA) is 32.3 Å².